The molecule has 10 heteroatoms. The Hall–Kier alpha value is -3.53. The first-order chi connectivity index (χ1) is 16.7. The molecule has 0 aliphatic heterocycles. The molecule has 1 heterocycles. The van der Waals surface area contributed by atoms with E-state index in [0.717, 1.165) is 11.1 Å². The van der Waals surface area contributed by atoms with Crippen molar-refractivity contribution in [1.29, 1.82) is 0 Å². The summed E-state index contributed by atoms with van der Waals surface area (Å²) in [6, 6.07) is 5.95. The number of hydrogen-bond acceptors (Lipinski definition) is 7. The summed E-state index contributed by atoms with van der Waals surface area (Å²) in [4.78, 5) is 36.4. The summed E-state index contributed by atoms with van der Waals surface area (Å²) in [5.41, 5.74) is 7.33. The average Bonchev–Trinajstić information content (AvgIpc) is 3.30. The molecule has 35 heavy (non-hydrogen) atoms. The number of nitrogens with one attached hydrogen (secondary N) is 1. The van der Waals surface area contributed by atoms with Crippen molar-refractivity contribution in [3.8, 4) is 0 Å². The van der Waals surface area contributed by atoms with E-state index in [0.29, 0.717) is 25.1 Å². The van der Waals surface area contributed by atoms with Crippen molar-refractivity contribution in [1.82, 2.24) is 20.3 Å². The molecule has 0 aliphatic carbocycles. The van der Waals surface area contributed by atoms with Crippen molar-refractivity contribution in [3.63, 3.8) is 0 Å². The van der Waals surface area contributed by atoms with Crippen LogP contribution in [0.25, 0.3) is 0 Å². The number of esters is 1. The number of amides is 2. The molecule has 0 radical (unpaired) electrons. The monoisotopic (exact) mass is 485 g/mol. The van der Waals surface area contributed by atoms with Crippen LogP contribution in [0.5, 0.6) is 0 Å². The van der Waals surface area contributed by atoms with E-state index in [1.807, 2.05) is 26.0 Å². The molecule has 0 fully saturated rings. The molecule has 0 spiro atoms. The second-order valence-corrected chi connectivity index (χ2v) is 8.72. The van der Waals surface area contributed by atoms with Crippen LogP contribution in [0.4, 0.5) is 4.79 Å². The van der Waals surface area contributed by atoms with E-state index in [1.54, 1.807) is 18.3 Å². The number of rotatable bonds is 15. The Bertz CT molecular complexity index is 986. The number of ketones is 1. The number of carbonyl (C=O) groups is 3. The number of ether oxygens (including phenoxy) is 1. The van der Waals surface area contributed by atoms with Crippen LogP contribution in [0.2, 0.25) is 0 Å². The maximum Gasteiger partial charge on any atom is 0.312 e. The smallest absolute Gasteiger partial charge is 0.312 e. The van der Waals surface area contributed by atoms with Gasteiger partial charge in [0, 0.05) is 25.1 Å². The zero-order valence-electron chi connectivity index (χ0n) is 20.4. The van der Waals surface area contributed by atoms with Crippen LogP contribution in [0, 0.1) is 5.92 Å². The molecule has 0 saturated heterocycles. The van der Waals surface area contributed by atoms with Crippen molar-refractivity contribution in [2.75, 3.05) is 13.2 Å². The van der Waals surface area contributed by atoms with Gasteiger partial charge in [-0.3, -0.25) is 9.59 Å². The second kappa shape index (κ2) is 14.0. The van der Waals surface area contributed by atoms with Crippen LogP contribution in [0.3, 0.4) is 0 Å². The number of nitrogens with zero attached hydrogens (tertiary/aromatic N) is 3. The molecule has 190 valence electrons. The summed E-state index contributed by atoms with van der Waals surface area (Å²) < 4.78 is 6.66. The molecule has 2 aromatic rings. The second-order valence-electron chi connectivity index (χ2n) is 8.72. The van der Waals surface area contributed by atoms with Crippen LogP contribution in [-0.4, -0.2) is 51.0 Å². The number of carbonyl (C=O) groups excluding carboxylic acids is 3. The third kappa shape index (κ3) is 8.97. The number of Topliss-reactive ketones (excluding diaryl/α,β-unsaturated/α-hetero) is 1. The van der Waals surface area contributed by atoms with E-state index in [-0.39, 0.29) is 49.6 Å². The number of nitrogens with two attached hydrogens (primary N) is 1. The molecule has 0 aliphatic rings. The lowest BCUT2D eigenvalue weighted by Gasteiger charge is -2.18. The largest absolute Gasteiger partial charge is 0.461 e. The first-order valence-corrected chi connectivity index (χ1v) is 11.7. The van der Waals surface area contributed by atoms with E-state index in [2.05, 4.69) is 22.2 Å². The Labute approximate surface area is 205 Å². The van der Waals surface area contributed by atoms with Crippen molar-refractivity contribution >= 4 is 17.8 Å². The van der Waals surface area contributed by atoms with E-state index in [1.165, 1.54) is 10.8 Å². The van der Waals surface area contributed by atoms with Gasteiger partial charge in [0.25, 0.3) is 0 Å². The van der Waals surface area contributed by atoms with Gasteiger partial charge in [-0.2, -0.15) is 0 Å². The molecular formula is C25H35N5O5. The first-order valence-electron chi connectivity index (χ1n) is 11.7. The lowest BCUT2D eigenvalue weighted by Crippen LogP contribution is -2.31. The summed E-state index contributed by atoms with van der Waals surface area (Å²) in [5.74, 6) is -0.548. The van der Waals surface area contributed by atoms with Crippen molar-refractivity contribution in [2.45, 2.75) is 58.1 Å². The Balaban J connectivity index is 2.21. The molecule has 0 unspecified atom stereocenters. The Morgan fingerprint density at radius 3 is 2.51 bits per heavy atom. The van der Waals surface area contributed by atoms with Crippen LogP contribution in [0.15, 0.2) is 43.1 Å². The Morgan fingerprint density at radius 2 is 1.91 bits per heavy atom. The molecule has 0 saturated carbocycles. The van der Waals surface area contributed by atoms with E-state index >= 15 is 0 Å². The van der Waals surface area contributed by atoms with Crippen LogP contribution in [-0.2, 0) is 27.4 Å². The van der Waals surface area contributed by atoms with Gasteiger partial charge in [0.2, 0.25) is 0 Å². The predicted octanol–water partition coefficient (Wildman–Crippen LogP) is 2.43. The van der Waals surface area contributed by atoms with Gasteiger partial charge < -0.3 is 20.9 Å². The standard InChI is InChI=1S/C25H35N5O5/c1-4-12-35-24(33)14-20(17(2)3)21-15-30(29-28-21)22(6-5-11-27-25(26)34)23(32)13-18-7-9-19(16-31)10-8-18/h4,7-10,15,17,20,22,31H,1,5-6,11-14,16H2,2-3H3,(H3,26,27,34)/t20-,22+/m1/s1. The number of hydrogen-bond donors (Lipinski definition) is 3. The van der Waals surface area contributed by atoms with Crippen molar-refractivity contribution in [3.05, 3.63) is 59.9 Å². The number of aliphatic hydroxyl groups excluding tert-OH is 1. The minimum Gasteiger partial charge on any atom is -0.461 e. The summed E-state index contributed by atoms with van der Waals surface area (Å²) in [6.45, 7) is 7.92. The van der Waals surface area contributed by atoms with Crippen molar-refractivity contribution in [2.24, 2.45) is 11.7 Å². The van der Waals surface area contributed by atoms with Gasteiger partial charge in [0.1, 0.15) is 12.6 Å². The zero-order valence-corrected chi connectivity index (χ0v) is 20.4. The van der Waals surface area contributed by atoms with E-state index < -0.39 is 12.1 Å². The quantitative estimate of drug-likeness (QED) is 0.199. The fourth-order valence-electron chi connectivity index (χ4n) is 3.71. The molecule has 2 amide bonds. The highest BCUT2D eigenvalue weighted by Gasteiger charge is 2.27. The van der Waals surface area contributed by atoms with Gasteiger partial charge in [-0.05, 0) is 29.9 Å². The molecule has 10 nitrogen and oxygen atoms in total. The number of aromatic nitrogens is 3. The highest BCUT2D eigenvalue weighted by molar-refractivity contribution is 5.84. The summed E-state index contributed by atoms with van der Waals surface area (Å²) in [6.07, 6.45) is 4.48. The van der Waals surface area contributed by atoms with Crippen molar-refractivity contribution < 1.29 is 24.2 Å². The fraction of sp³-hybridized carbons (Fsp3) is 0.480. The van der Waals surface area contributed by atoms with Gasteiger partial charge in [0.15, 0.2) is 5.78 Å². The third-order valence-corrected chi connectivity index (χ3v) is 5.69. The number of aliphatic hydroxyl groups is 1. The molecule has 4 N–H and O–H groups in total. The number of urea groups is 1. The SMILES string of the molecule is C=CCOC(=O)C[C@@H](c1cn([C@@H](CCCNC(N)=O)C(=O)Cc2ccc(CO)cc2)nn1)C(C)C. The Morgan fingerprint density at radius 1 is 1.23 bits per heavy atom. The Kier molecular flexibility index (Phi) is 11.1. The minimum atomic E-state index is -0.622. The molecule has 0 bridgehead atoms. The van der Waals surface area contributed by atoms with Crippen LogP contribution < -0.4 is 11.1 Å². The van der Waals surface area contributed by atoms with Gasteiger partial charge in [-0.15, -0.1) is 5.10 Å². The number of benzene rings is 1. The molecule has 1 aromatic carbocycles. The topological polar surface area (TPSA) is 149 Å². The van der Waals surface area contributed by atoms with Gasteiger partial charge in [0.05, 0.1) is 18.7 Å². The maximum atomic E-state index is 13.3. The maximum absolute atomic E-state index is 13.3. The van der Waals surface area contributed by atoms with Crippen LogP contribution >= 0.6 is 0 Å². The third-order valence-electron chi connectivity index (χ3n) is 5.69. The van der Waals surface area contributed by atoms with E-state index in [4.69, 9.17) is 10.5 Å². The average molecular weight is 486 g/mol. The fourth-order valence-corrected chi connectivity index (χ4v) is 3.71. The highest BCUT2D eigenvalue weighted by atomic mass is 16.5. The van der Waals surface area contributed by atoms with E-state index in [9.17, 15) is 19.5 Å². The summed E-state index contributed by atoms with van der Waals surface area (Å²) in [7, 11) is 0. The summed E-state index contributed by atoms with van der Waals surface area (Å²) in [5, 5.41) is 20.3. The summed E-state index contributed by atoms with van der Waals surface area (Å²) >= 11 is 0. The van der Waals surface area contributed by atoms with Crippen LogP contribution in [0.1, 0.15) is 61.9 Å². The molecular weight excluding hydrogens is 450 g/mol. The lowest BCUT2D eigenvalue weighted by molar-refractivity contribution is -0.143. The van der Waals surface area contributed by atoms with Gasteiger partial charge in [-0.1, -0.05) is 56.0 Å². The predicted molar refractivity (Wildman–Crippen MR) is 130 cm³/mol. The molecule has 2 rings (SSSR count). The molecule has 1 aromatic heterocycles. The zero-order chi connectivity index (χ0) is 25.8. The lowest BCUT2D eigenvalue weighted by atomic mass is 9.90. The highest BCUT2D eigenvalue weighted by Crippen LogP contribution is 2.28. The first kappa shape index (κ1) is 27.7. The molecule has 2 atom stereocenters. The normalized spacial score (nSPS) is 12.7. The van der Waals surface area contributed by atoms with Gasteiger partial charge >= 0.3 is 12.0 Å². The number of primary amides is 1. The van der Waals surface area contributed by atoms with Gasteiger partial charge in [-0.25, -0.2) is 9.48 Å². The minimum absolute atomic E-state index is 0.0659.